The Hall–Kier alpha value is -3.75. The van der Waals surface area contributed by atoms with Crippen LogP contribution in [0.4, 0.5) is 5.95 Å². The number of anilines is 1. The lowest BCUT2D eigenvalue weighted by atomic mass is 10.0. The molecule has 1 aliphatic rings. The first-order valence-electron chi connectivity index (χ1n) is 9.78. The highest BCUT2D eigenvalue weighted by atomic mass is 16.5. The standard InChI is InChI=1S/C21H21N7O2/c1-28-11-14(4-6-17(28)29)24-21-25-19-18(20(26-21)30-2)15(10-22-19)12-3-5-16-13(9-12)7-8-23-27-16/h3,5,7-10,14H,4,6,11H2,1-2H3,(H2,22,24,25,26)/t14-/m1/s1. The van der Waals surface area contributed by atoms with Gasteiger partial charge in [-0.15, -0.1) is 0 Å². The van der Waals surface area contributed by atoms with Crippen LogP contribution in [0.25, 0.3) is 33.1 Å². The Morgan fingerprint density at radius 1 is 1.27 bits per heavy atom. The van der Waals surface area contributed by atoms with E-state index >= 15 is 0 Å². The van der Waals surface area contributed by atoms with Gasteiger partial charge in [-0.3, -0.25) is 4.79 Å². The minimum atomic E-state index is 0.103. The number of likely N-dealkylation sites (tertiary alicyclic amines) is 1. The molecule has 4 heterocycles. The van der Waals surface area contributed by atoms with Crippen molar-refractivity contribution < 1.29 is 9.53 Å². The van der Waals surface area contributed by atoms with E-state index in [1.54, 1.807) is 18.2 Å². The quantitative estimate of drug-likeness (QED) is 0.539. The highest BCUT2D eigenvalue weighted by Gasteiger charge is 2.24. The van der Waals surface area contributed by atoms with E-state index in [0.29, 0.717) is 30.4 Å². The number of aromatic nitrogens is 5. The summed E-state index contributed by atoms with van der Waals surface area (Å²) in [6, 6.07) is 8.04. The molecular formula is C21H21N7O2. The molecule has 5 rings (SSSR count). The Bertz CT molecular complexity index is 1250. The molecule has 0 radical (unpaired) electrons. The van der Waals surface area contributed by atoms with Crippen LogP contribution in [0, 0.1) is 0 Å². The number of nitrogens with zero attached hydrogens (tertiary/aromatic N) is 5. The molecule has 9 heteroatoms. The van der Waals surface area contributed by atoms with Gasteiger partial charge >= 0.3 is 0 Å². The van der Waals surface area contributed by atoms with Crippen molar-refractivity contribution in [2.45, 2.75) is 18.9 Å². The summed E-state index contributed by atoms with van der Waals surface area (Å²) < 4.78 is 5.61. The van der Waals surface area contributed by atoms with Crippen molar-refractivity contribution in [1.29, 1.82) is 0 Å². The lowest BCUT2D eigenvalue weighted by Crippen LogP contribution is -2.43. The summed E-state index contributed by atoms with van der Waals surface area (Å²) in [5, 5.41) is 13.2. The van der Waals surface area contributed by atoms with Crippen LogP contribution in [0.15, 0.2) is 36.7 Å². The van der Waals surface area contributed by atoms with Crippen LogP contribution in [0.5, 0.6) is 5.88 Å². The Kier molecular flexibility index (Phi) is 4.42. The SMILES string of the molecule is COc1nc(N[C@@H]2CCC(=O)N(C)C2)nc2[nH]cc(-c3ccc4nnccc4c3)c12. The zero-order valence-corrected chi connectivity index (χ0v) is 16.7. The number of nitrogens with one attached hydrogen (secondary N) is 2. The third-order valence-corrected chi connectivity index (χ3v) is 5.48. The lowest BCUT2D eigenvalue weighted by molar-refractivity contribution is -0.132. The Morgan fingerprint density at radius 2 is 2.17 bits per heavy atom. The van der Waals surface area contributed by atoms with Crippen molar-refractivity contribution in [3.05, 3.63) is 36.7 Å². The van der Waals surface area contributed by atoms with Crippen LogP contribution < -0.4 is 10.1 Å². The van der Waals surface area contributed by atoms with Crippen molar-refractivity contribution in [1.82, 2.24) is 30.0 Å². The molecule has 152 valence electrons. The average molecular weight is 403 g/mol. The normalized spacial score (nSPS) is 16.9. The maximum absolute atomic E-state index is 11.7. The van der Waals surface area contributed by atoms with Crippen LogP contribution in [-0.2, 0) is 4.79 Å². The van der Waals surface area contributed by atoms with Crippen molar-refractivity contribution >= 4 is 33.8 Å². The van der Waals surface area contributed by atoms with Crippen LogP contribution >= 0.6 is 0 Å². The van der Waals surface area contributed by atoms with Gasteiger partial charge in [-0.05, 0) is 30.2 Å². The molecule has 0 aliphatic carbocycles. The second-order valence-electron chi connectivity index (χ2n) is 7.44. The van der Waals surface area contributed by atoms with Crippen LogP contribution in [-0.4, -0.2) is 62.7 Å². The van der Waals surface area contributed by atoms with E-state index in [0.717, 1.165) is 33.8 Å². The van der Waals surface area contributed by atoms with Gasteiger partial charge in [-0.1, -0.05) is 6.07 Å². The monoisotopic (exact) mass is 403 g/mol. The minimum absolute atomic E-state index is 0.103. The van der Waals surface area contributed by atoms with Crippen molar-refractivity contribution in [2.24, 2.45) is 0 Å². The molecule has 0 bridgehead atoms. The number of amides is 1. The van der Waals surface area contributed by atoms with Gasteiger partial charge in [0, 0.05) is 43.2 Å². The van der Waals surface area contributed by atoms with Crippen LogP contribution in [0.1, 0.15) is 12.8 Å². The second-order valence-corrected chi connectivity index (χ2v) is 7.44. The Morgan fingerprint density at radius 3 is 3.00 bits per heavy atom. The van der Waals surface area contributed by atoms with Gasteiger partial charge in [-0.2, -0.15) is 20.2 Å². The van der Waals surface area contributed by atoms with Crippen molar-refractivity contribution in [3.8, 4) is 17.0 Å². The summed E-state index contributed by atoms with van der Waals surface area (Å²) in [7, 11) is 3.42. The number of carbonyl (C=O) groups excluding carboxylic acids is 1. The molecule has 1 saturated heterocycles. The first kappa shape index (κ1) is 18.3. The van der Waals surface area contributed by atoms with Gasteiger partial charge < -0.3 is 19.9 Å². The van der Waals surface area contributed by atoms with E-state index in [1.165, 1.54) is 0 Å². The fourth-order valence-corrected chi connectivity index (χ4v) is 3.91. The number of rotatable bonds is 4. The Labute approximate surface area is 172 Å². The molecule has 30 heavy (non-hydrogen) atoms. The van der Waals surface area contributed by atoms with E-state index in [-0.39, 0.29) is 11.9 Å². The number of hydrogen-bond donors (Lipinski definition) is 2. The van der Waals surface area contributed by atoms with Gasteiger partial charge in [0.2, 0.25) is 17.7 Å². The molecule has 9 nitrogen and oxygen atoms in total. The molecule has 3 aromatic heterocycles. The number of carbonyl (C=O) groups is 1. The summed E-state index contributed by atoms with van der Waals surface area (Å²) >= 11 is 0. The summed E-state index contributed by atoms with van der Waals surface area (Å²) in [5.74, 6) is 1.14. The zero-order valence-electron chi connectivity index (χ0n) is 16.7. The molecule has 1 aliphatic heterocycles. The van der Waals surface area contributed by atoms with E-state index in [9.17, 15) is 4.79 Å². The molecule has 1 aromatic carbocycles. The van der Waals surface area contributed by atoms with E-state index in [1.807, 2.05) is 31.4 Å². The molecule has 0 saturated carbocycles. The molecule has 2 N–H and O–H groups in total. The lowest BCUT2D eigenvalue weighted by Gasteiger charge is -2.30. The van der Waals surface area contributed by atoms with Gasteiger partial charge in [-0.25, -0.2) is 0 Å². The molecule has 1 fully saturated rings. The molecule has 1 amide bonds. The van der Waals surface area contributed by atoms with E-state index < -0.39 is 0 Å². The van der Waals surface area contributed by atoms with Crippen LogP contribution in [0.2, 0.25) is 0 Å². The summed E-state index contributed by atoms with van der Waals surface area (Å²) in [4.78, 5) is 25.9. The molecule has 1 atom stereocenters. The van der Waals surface area contributed by atoms with Gasteiger partial charge in [0.15, 0.2) is 0 Å². The third kappa shape index (κ3) is 3.18. The maximum Gasteiger partial charge on any atom is 0.228 e. The number of ether oxygens (including phenoxy) is 1. The summed E-state index contributed by atoms with van der Waals surface area (Å²) in [6.07, 6.45) is 4.86. The highest BCUT2D eigenvalue weighted by molar-refractivity contribution is 5.99. The zero-order chi connectivity index (χ0) is 20.7. The number of methoxy groups -OCH3 is 1. The predicted octanol–water partition coefficient (Wildman–Crippen LogP) is 2.61. The fourth-order valence-electron chi connectivity index (χ4n) is 3.91. The Balaban J connectivity index is 1.52. The third-order valence-electron chi connectivity index (χ3n) is 5.48. The average Bonchev–Trinajstić information content (AvgIpc) is 3.19. The van der Waals surface area contributed by atoms with E-state index in [4.69, 9.17) is 4.74 Å². The van der Waals surface area contributed by atoms with Crippen molar-refractivity contribution in [3.63, 3.8) is 0 Å². The predicted molar refractivity (Wildman–Crippen MR) is 113 cm³/mol. The van der Waals surface area contributed by atoms with Crippen molar-refractivity contribution in [2.75, 3.05) is 26.0 Å². The molecular weight excluding hydrogens is 382 g/mol. The number of hydrogen-bond acceptors (Lipinski definition) is 7. The number of fused-ring (bicyclic) bond motifs is 2. The first-order valence-corrected chi connectivity index (χ1v) is 9.78. The molecule has 4 aromatic rings. The smallest absolute Gasteiger partial charge is 0.228 e. The fraction of sp³-hybridized carbons (Fsp3) is 0.286. The summed E-state index contributed by atoms with van der Waals surface area (Å²) in [6.45, 7) is 0.624. The number of likely N-dealkylation sites (N-methyl/N-ethyl adjacent to an activating group) is 1. The second kappa shape index (κ2) is 7.25. The van der Waals surface area contributed by atoms with Crippen LogP contribution in [0.3, 0.4) is 0 Å². The largest absolute Gasteiger partial charge is 0.480 e. The molecule has 0 unspecified atom stereocenters. The molecule has 0 spiro atoms. The minimum Gasteiger partial charge on any atom is -0.480 e. The summed E-state index contributed by atoms with van der Waals surface area (Å²) in [5.41, 5.74) is 3.49. The van der Waals surface area contributed by atoms with E-state index in [2.05, 4.69) is 36.5 Å². The number of piperidine rings is 1. The maximum atomic E-state index is 11.7. The first-order chi connectivity index (χ1) is 14.6. The highest BCUT2D eigenvalue weighted by Crippen LogP contribution is 2.35. The van der Waals surface area contributed by atoms with Gasteiger partial charge in [0.25, 0.3) is 0 Å². The topological polar surface area (TPSA) is 109 Å². The number of aromatic amines is 1. The number of H-pyrrole nitrogens is 1. The van der Waals surface area contributed by atoms with Gasteiger partial charge in [0.1, 0.15) is 5.65 Å². The van der Waals surface area contributed by atoms with Gasteiger partial charge in [0.05, 0.1) is 24.2 Å². The number of benzene rings is 1.